The zero-order chi connectivity index (χ0) is 25.8. The highest BCUT2D eigenvalue weighted by Crippen LogP contribution is 2.43. The van der Waals surface area contributed by atoms with Crippen LogP contribution in [0.2, 0.25) is 0 Å². The van der Waals surface area contributed by atoms with Crippen LogP contribution in [0.25, 0.3) is 44.1 Å². The zero-order valence-electron chi connectivity index (χ0n) is 21.4. The molecule has 0 radical (unpaired) electrons. The summed E-state index contributed by atoms with van der Waals surface area (Å²) in [6.45, 7) is 0. The lowest BCUT2D eigenvalue weighted by Gasteiger charge is -2.26. The van der Waals surface area contributed by atoms with Gasteiger partial charge >= 0.3 is 0 Å². The van der Waals surface area contributed by atoms with E-state index < -0.39 is 0 Å². The summed E-state index contributed by atoms with van der Waals surface area (Å²) >= 11 is 0. The van der Waals surface area contributed by atoms with Crippen molar-refractivity contribution in [3.63, 3.8) is 0 Å². The first-order valence-corrected chi connectivity index (χ1v) is 13.5. The normalized spacial score (nSPS) is 12.0. The van der Waals surface area contributed by atoms with E-state index in [1.165, 1.54) is 60.9 Å². The Morgan fingerprint density at radius 1 is 0.462 bits per heavy atom. The Kier molecular flexibility index (Phi) is 4.92. The van der Waals surface area contributed by atoms with Gasteiger partial charge in [0, 0.05) is 38.9 Å². The highest BCUT2D eigenvalue weighted by atomic mass is 15.1. The number of hydrogen-bond donors (Lipinski definition) is 1. The van der Waals surface area contributed by atoms with Crippen LogP contribution >= 0.6 is 0 Å². The van der Waals surface area contributed by atoms with Crippen molar-refractivity contribution in [1.29, 1.82) is 0 Å². The van der Waals surface area contributed by atoms with E-state index in [0.29, 0.717) is 0 Å². The minimum absolute atomic E-state index is 0.937. The van der Waals surface area contributed by atoms with Crippen LogP contribution in [-0.4, -0.2) is 4.98 Å². The van der Waals surface area contributed by atoms with E-state index in [1.807, 2.05) is 0 Å². The van der Waals surface area contributed by atoms with Crippen LogP contribution in [0.5, 0.6) is 0 Å². The lowest BCUT2D eigenvalue weighted by Crippen LogP contribution is -2.09. The molecule has 7 aromatic rings. The van der Waals surface area contributed by atoms with Gasteiger partial charge in [0.25, 0.3) is 0 Å². The highest BCUT2D eigenvalue weighted by Gasteiger charge is 2.22. The molecule has 8 rings (SSSR count). The third kappa shape index (κ3) is 3.57. The molecule has 1 aliphatic carbocycles. The minimum Gasteiger partial charge on any atom is -0.354 e. The van der Waals surface area contributed by atoms with E-state index in [-0.39, 0.29) is 0 Å². The molecule has 0 spiro atoms. The molecule has 39 heavy (non-hydrogen) atoms. The van der Waals surface area contributed by atoms with Crippen molar-refractivity contribution >= 4 is 38.9 Å². The number of nitrogens with one attached hydrogen (secondary N) is 1. The molecule has 0 amide bonds. The number of anilines is 3. The van der Waals surface area contributed by atoms with E-state index >= 15 is 0 Å². The third-order valence-corrected chi connectivity index (χ3v) is 8.00. The molecule has 2 heteroatoms. The first-order chi connectivity index (χ1) is 19.3. The molecule has 0 fully saturated rings. The molecule has 1 aromatic heterocycles. The van der Waals surface area contributed by atoms with Crippen LogP contribution in [-0.2, 0) is 6.42 Å². The Bertz CT molecular complexity index is 1940. The van der Waals surface area contributed by atoms with Gasteiger partial charge in [0.2, 0.25) is 0 Å². The summed E-state index contributed by atoms with van der Waals surface area (Å²) in [7, 11) is 0. The van der Waals surface area contributed by atoms with Crippen LogP contribution < -0.4 is 4.90 Å². The fraction of sp³-hybridized carbons (Fsp3) is 0.0270. The topological polar surface area (TPSA) is 19.0 Å². The zero-order valence-corrected chi connectivity index (χ0v) is 21.4. The molecule has 1 aliphatic rings. The molecule has 1 N–H and O–H groups in total. The Balaban J connectivity index is 1.20. The Morgan fingerprint density at radius 2 is 1.10 bits per heavy atom. The second-order valence-electron chi connectivity index (χ2n) is 10.3. The number of rotatable bonds is 4. The van der Waals surface area contributed by atoms with E-state index in [1.54, 1.807) is 0 Å². The van der Waals surface area contributed by atoms with Gasteiger partial charge in [0.15, 0.2) is 0 Å². The molecule has 2 nitrogen and oxygen atoms in total. The predicted molar refractivity (Wildman–Crippen MR) is 164 cm³/mol. The predicted octanol–water partition coefficient (Wildman–Crippen LogP) is 10.0. The molecule has 0 atom stereocenters. The van der Waals surface area contributed by atoms with Gasteiger partial charge in [-0.1, -0.05) is 97.1 Å². The van der Waals surface area contributed by atoms with Crippen LogP contribution in [0.15, 0.2) is 140 Å². The van der Waals surface area contributed by atoms with E-state index in [2.05, 4.69) is 149 Å². The molecule has 0 unspecified atom stereocenters. The van der Waals surface area contributed by atoms with E-state index in [0.717, 1.165) is 17.8 Å². The second-order valence-corrected chi connectivity index (χ2v) is 10.3. The quantitative estimate of drug-likeness (QED) is 0.256. The lowest BCUT2D eigenvalue weighted by molar-refractivity contribution is 1.23. The summed E-state index contributed by atoms with van der Waals surface area (Å²) in [4.78, 5) is 6.01. The SMILES string of the molecule is c1ccc(N(c2ccccc2)c2ccc3c(c2)Cc2cc(-c4cccc5c4[nH]c4ccccc45)ccc2-3)cc1. The van der Waals surface area contributed by atoms with Gasteiger partial charge in [-0.2, -0.15) is 0 Å². The molecule has 0 saturated heterocycles. The van der Waals surface area contributed by atoms with Gasteiger partial charge in [-0.3, -0.25) is 0 Å². The molecular formula is C37H26N2. The van der Waals surface area contributed by atoms with Crippen molar-refractivity contribution in [2.24, 2.45) is 0 Å². The van der Waals surface area contributed by atoms with E-state index in [4.69, 9.17) is 0 Å². The van der Waals surface area contributed by atoms with Crippen molar-refractivity contribution in [3.05, 3.63) is 151 Å². The van der Waals surface area contributed by atoms with Gasteiger partial charge in [-0.05, 0) is 76.7 Å². The van der Waals surface area contributed by atoms with Crippen molar-refractivity contribution in [2.45, 2.75) is 6.42 Å². The maximum Gasteiger partial charge on any atom is 0.0544 e. The molecule has 0 saturated carbocycles. The number of benzene rings is 6. The summed E-state index contributed by atoms with van der Waals surface area (Å²) in [5.41, 5.74) is 13.8. The summed E-state index contributed by atoms with van der Waals surface area (Å²) in [6, 6.07) is 50.3. The lowest BCUT2D eigenvalue weighted by atomic mass is 9.97. The van der Waals surface area contributed by atoms with Gasteiger partial charge in [0.05, 0.1) is 5.52 Å². The average Bonchev–Trinajstić information content (AvgIpc) is 3.56. The monoisotopic (exact) mass is 498 g/mol. The fourth-order valence-electron chi connectivity index (χ4n) is 6.22. The average molecular weight is 499 g/mol. The summed E-state index contributed by atoms with van der Waals surface area (Å²) in [5, 5.41) is 2.55. The summed E-state index contributed by atoms with van der Waals surface area (Å²) in [5.74, 6) is 0. The molecule has 6 aromatic carbocycles. The molecule has 0 bridgehead atoms. The first kappa shape index (κ1) is 22.0. The Morgan fingerprint density at radius 3 is 1.87 bits per heavy atom. The fourth-order valence-corrected chi connectivity index (χ4v) is 6.22. The molecule has 0 aliphatic heterocycles. The number of H-pyrrole nitrogens is 1. The summed E-state index contributed by atoms with van der Waals surface area (Å²) < 4.78 is 0. The van der Waals surface area contributed by atoms with Crippen LogP contribution in [0, 0.1) is 0 Å². The molecular weight excluding hydrogens is 472 g/mol. The van der Waals surface area contributed by atoms with Gasteiger partial charge in [0.1, 0.15) is 0 Å². The highest BCUT2D eigenvalue weighted by molar-refractivity contribution is 6.11. The number of fused-ring (bicyclic) bond motifs is 6. The maximum absolute atomic E-state index is 3.68. The standard InChI is InChI=1S/C37H26N2/c1-3-10-28(11-4-1)39(29-12-5-2-6-13-29)30-19-21-32-27(24-30)23-26-22-25(18-20-31(26)32)33-15-9-16-35-34-14-7-8-17-36(34)38-37(33)35/h1-22,24,38H,23H2. The van der Waals surface area contributed by atoms with Gasteiger partial charge in [-0.15, -0.1) is 0 Å². The third-order valence-electron chi connectivity index (χ3n) is 8.00. The van der Waals surface area contributed by atoms with Crippen molar-refractivity contribution in [1.82, 2.24) is 4.98 Å². The van der Waals surface area contributed by atoms with Crippen LogP contribution in [0.1, 0.15) is 11.1 Å². The van der Waals surface area contributed by atoms with Crippen molar-refractivity contribution < 1.29 is 0 Å². The minimum atomic E-state index is 0.937. The van der Waals surface area contributed by atoms with Crippen LogP contribution in [0.3, 0.4) is 0 Å². The number of nitrogens with zero attached hydrogens (tertiary/aromatic N) is 1. The first-order valence-electron chi connectivity index (χ1n) is 13.5. The summed E-state index contributed by atoms with van der Waals surface area (Å²) in [6.07, 6.45) is 0.937. The Labute approximate surface area is 227 Å². The van der Waals surface area contributed by atoms with Crippen LogP contribution in [0.4, 0.5) is 17.1 Å². The Hall–Kier alpha value is -5.08. The maximum atomic E-state index is 3.68. The van der Waals surface area contributed by atoms with E-state index in [9.17, 15) is 0 Å². The molecule has 184 valence electrons. The van der Waals surface area contributed by atoms with Crippen molar-refractivity contribution in [3.8, 4) is 22.3 Å². The number of hydrogen-bond acceptors (Lipinski definition) is 1. The van der Waals surface area contributed by atoms with Gasteiger partial charge in [-0.25, -0.2) is 0 Å². The second kappa shape index (κ2) is 8.75. The number of aromatic nitrogens is 1. The van der Waals surface area contributed by atoms with Gasteiger partial charge < -0.3 is 9.88 Å². The largest absolute Gasteiger partial charge is 0.354 e. The number of para-hydroxylation sites is 4. The number of aromatic amines is 1. The smallest absolute Gasteiger partial charge is 0.0544 e. The molecule has 1 heterocycles. The van der Waals surface area contributed by atoms with Crippen molar-refractivity contribution in [2.75, 3.05) is 4.90 Å².